The minimum atomic E-state index is 0.237. The minimum Gasteiger partial charge on any atom is -0.375 e. The highest BCUT2D eigenvalue weighted by Gasteiger charge is 2.33. The van der Waals surface area contributed by atoms with Crippen LogP contribution in [0.5, 0.6) is 0 Å². The molecular weight excluding hydrogens is 330 g/mol. The lowest BCUT2D eigenvalue weighted by Gasteiger charge is -2.43. The molecule has 21 heavy (non-hydrogen) atoms. The van der Waals surface area contributed by atoms with Gasteiger partial charge < -0.3 is 4.74 Å². The van der Waals surface area contributed by atoms with Gasteiger partial charge in [-0.05, 0) is 25.0 Å². The Labute approximate surface area is 134 Å². The minimum absolute atomic E-state index is 0.237. The van der Waals surface area contributed by atoms with Crippen LogP contribution in [-0.4, -0.2) is 42.5 Å². The zero-order chi connectivity index (χ0) is 14.7. The van der Waals surface area contributed by atoms with Crippen molar-refractivity contribution in [2.75, 3.05) is 19.7 Å². The fraction of sp³-hybridized carbons (Fsp3) is 0.588. The molecule has 0 bridgehead atoms. The molecule has 2 fully saturated rings. The van der Waals surface area contributed by atoms with Crippen LogP contribution in [0.2, 0.25) is 0 Å². The summed E-state index contributed by atoms with van der Waals surface area (Å²) in [6.07, 6.45) is 5.98. The topological polar surface area (TPSA) is 29.5 Å². The first-order chi connectivity index (χ1) is 10.2. The lowest BCUT2D eigenvalue weighted by atomic mass is 9.90. The molecule has 1 saturated heterocycles. The van der Waals surface area contributed by atoms with Gasteiger partial charge in [0.15, 0.2) is 5.78 Å². The van der Waals surface area contributed by atoms with E-state index in [9.17, 15) is 4.79 Å². The van der Waals surface area contributed by atoms with E-state index in [2.05, 4.69) is 20.8 Å². The molecule has 1 aliphatic heterocycles. The molecule has 2 unspecified atom stereocenters. The Morgan fingerprint density at radius 2 is 2.00 bits per heavy atom. The maximum Gasteiger partial charge on any atom is 0.164 e. The Hall–Kier alpha value is -0.710. The summed E-state index contributed by atoms with van der Waals surface area (Å²) < 4.78 is 6.90. The number of ketones is 1. The molecule has 0 radical (unpaired) electrons. The lowest BCUT2D eigenvalue weighted by Crippen LogP contribution is -2.53. The quantitative estimate of drug-likeness (QED) is 0.775. The van der Waals surface area contributed by atoms with E-state index in [4.69, 9.17) is 4.74 Å². The van der Waals surface area contributed by atoms with Gasteiger partial charge in [0.2, 0.25) is 0 Å². The van der Waals surface area contributed by atoms with Crippen molar-refractivity contribution in [3.8, 4) is 0 Å². The number of Topliss-reactive ketones (excluding diaryl/α,β-unsaturated/α-hetero) is 1. The predicted molar refractivity (Wildman–Crippen MR) is 86.7 cm³/mol. The number of halogens is 1. The molecule has 0 N–H and O–H groups in total. The summed E-state index contributed by atoms with van der Waals surface area (Å²) in [5.41, 5.74) is 0.812. The van der Waals surface area contributed by atoms with Crippen LogP contribution in [0.1, 0.15) is 42.5 Å². The molecule has 1 saturated carbocycles. The van der Waals surface area contributed by atoms with Gasteiger partial charge in [-0.1, -0.05) is 40.9 Å². The van der Waals surface area contributed by atoms with Crippen molar-refractivity contribution in [3.63, 3.8) is 0 Å². The van der Waals surface area contributed by atoms with Crippen LogP contribution in [0.25, 0.3) is 0 Å². The van der Waals surface area contributed by atoms with Crippen molar-refractivity contribution < 1.29 is 9.53 Å². The largest absolute Gasteiger partial charge is 0.375 e. The molecule has 114 valence electrons. The van der Waals surface area contributed by atoms with E-state index in [-0.39, 0.29) is 5.78 Å². The number of rotatable bonds is 4. The number of carbonyl (C=O) groups is 1. The molecule has 0 aromatic heterocycles. The van der Waals surface area contributed by atoms with E-state index in [1.165, 1.54) is 25.7 Å². The maximum atomic E-state index is 12.3. The van der Waals surface area contributed by atoms with Gasteiger partial charge in [-0.2, -0.15) is 0 Å². The average Bonchev–Trinajstić information content (AvgIpc) is 2.53. The summed E-state index contributed by atoms with van der Waals surface area (Å²) in [7, 11) is 0. The van der Waals surface area contributed by atoms with E-state index in [0.717, 1.165) is 29.7 Å². The molecule has 4 heteroatoms. The molecule has 2 aliphatic rings. The second kappa shape index (κ2) is 7.03. The normalized spacial score (nSPS) is 26.3. The molecule has 3 nitrogen and oxygen atoms in total. The first-order valence-electron chi connectivity index (χ1n) is 7.88. The molecule has 1 heterocycles. The van der Waals surface area contributed by atoms with Crippen LogP contribution in [0.4, 0.5) is 0 Å². The Morgan fingerprint density at radius 1 is 1.24 bits per heavy atom. The Kier molecular flexibility index (Phi) is 5.09. The van der Waals surface area contributed by atoms with Gasteiger partial charge in [-0.25, -0.2) is 0 Å². The monoisotopic (exact) mass is 351 g/mol. The molecule has 1 aromatic carbocycles. The van der Waals surface area contributed by atoms with Gasteiger partial charge in [0.1, 0.15) is 0 Å². The summed E-state index contributed by atoms with van der Waals surface area (Å²) >= 11 is 3.40. The molecule has 2 atom stereocenters. The van der Waals surface area contributed by atoms with E-state index in [1.807, 2.05) is 24.3 Å². The fourth-order valence-corrected chi connectivity index (χ4v) is 3.74. The summed E-state index contributed by atoms with van der Waals surface area (Å²) in [4.78, 5) is 14.8. The molecule has 1 aromatic rings. The maximum absolute atomic E-state index is 12.3. The third kappa shape index (κ3) is 3.74. The summed E-state index contributed by atoms with van der Waals surface area (Å²) in [5.74, 6) is 0.237. The number of ether oxygens (including phenoxy) is 1. The van der Waals surface area contributed by atoms with Crippen LogP contribution < -0.4 is 0 Å². The van der Waals surface area contributed by atoms with E-state index in [0.29, 0.717) is 18.6 Å². The highest BCUT2D eigenvalue weighted by Crippen LogP contribution is 2.28. The molecule has 3 rings (SSSR count). The third-order valence-corrected chi connectivity index (χ3v) is 5.17. The Morgan fingerprint density at radius 3 is 2.81 bits per heavy atom. The van der Waals surface area contributed by atoms with Crippen LogP contribution in [0.15, 0.2) is 28.7 Å². The number of fused-ring (bicyclic) bond motifs is 1. The number of morpholine rings is 1. The second-order valence-corrected chi connectivity index (χ2v) is 6.89. The first kappa shape index (κ1) is 15.2. The molecule has 0 amide bonds. The summed E-state index contributed by atoms with van der Waals surface area (Å²) in [6.45, 7) is 2.64. The van der Waals surface area contributed by atoms with Gasteiger partial charge in [0, 0.05) is 35.6 Å². The zero-order valence-corrected chi connectivity index (χ0v) is 13.8. The van der Waals surface area contributed by atoms with Gasteiger partial charge >= 0.3 is 0 Å². The number of benzene rings is 1. The van der Waals surface area contributed by atoms with Crippen LogP contribution >= 0.6 is 15.9 Å². The highest BCUT2D eigenvalue weighted by molar-refractivity contribution is 9.10. The highest BCUT2D eigenvalue weighted by atomic mass is 79.9. The van der Waals surface area contributed by atoms with Gasteiger partial charge in [0.25, 0.3) is 0 Å². The SMILES string of the molecule is O=C(CCN1CCOC2CCCCC21)c1ccc(Br)cc1. The second-order valence-electron chi connectivity index (χ2n) is 5.98. The van der Waals surface area contributed by atoms with Crippen molar-refractivity contribution in [2.24, 2.45) is 0 Å². The zero-order valence-electron chi connectivity index (χ0n) is 12.3. The lowest BCUT2D eigenvalue weighted by molar-refractivity contribution is -0.0874. The Balaban J connectivity index is 1.56. The number of carbonyl (C=O) groups excluding carboxylic acids is 1. The molecular formula is C17H22BrNO2. The summed E-state index contributed by atoms with van der Waals surface area (Å²) in [6, 6.07) is 8.19. The first-order valence-corrected chi connectivity index (χ1v) is 8.68. The van der Waals surface area contributed by atoms with Crippen molar-refractivity contribution in [3.05, 3.63) is 34.3 Å². The van der Waals surface area contributed by atoms with Gasteiger partial charge in [-0.15, -0.1) is 0 Å². The third-order valence-electron chi connectivity index (χ3n) is 4.64. The number of hydrogen-bond donors (Lipinski definition) is 0. The van der Waals surface area contributed by atoms with Gasteiger partial charge in [-0.3, -0.25) is 9.69 Å². The van der Waals surface area contributed by atoms with E-state index in [1.54, 1.807) is 0 Å². The van der Waals surface area contributed by atoms with Crippen LogP contribution in [0.3, 0.4) is 0 Å². The number of hydrogen-bond acceptors (Lipinski definition) is 3. The van der Waals surface area contributed by atoms with Crippen molar-refractivity contribution >= 4 is 21.7 Å². The summed E-state index contributed by atoms with van der Waals surface area (Å²) in [5, 5.41) is 0. The predicted octanol–water partition coefficient (Wildman–Crippen LogP) is 3.67. The fourth-order valence-electron chi connectivity index (χ4n) is 3.48. The van der Waals surface area contributed by atoms with Gasteiger partial charge in [0.05, 0.1) is 12.7 Å². The van der Waals surface area contributed by atoms with E-state index >= 15 is 0 Å². The smallest absolute Gasteiger partial charge is 0.164 e. The number of nitrogens with zero attached hydrogens (tertiary/aromatic N) is 1. The Bertz CT molecular complexity index is 486. The van der Waals surface area contributed by atoms with Crippen molar-refractivity contribution in [2.45, 2.75) is 44.2 Å². The van der Waals surface area contributed by atoms with E-state index < -0.39 is 0 Å². The van der Waals surface area contributed by atoms with Crippen LogP contribution in [-0.2, 0) is 4.74 Å². The van der Waals surface area contributed by atoms with Crippen LogP contribution in [0, 0.1) is 0 Å². The van der Waals surface area contributed by atoms with Crippen molar-refractivity contribution in [1.82, 2.24) is 4.90 Å². The van der Waals surface area contributed by atoms with Crippen molar-refractivity contribution in [1.29, 1.82) is 0 Å². The molecule has 1 aliphatic carbocycles. The standard InChI is InChI=1S/C17H22BrNO2/c18-14-7-5-13(6-8-14)16(20)9-10-19-11-12-21-17-4-2-1-3-15(17)19/h5-8,15,17H,1-4,9-12H2. The molecule has 0 spiro atoms. The average molecular weight is 352 g/mol.